The van der Waals surface area contributed by atoms with Crippen LogP contribution in [0.1, 0.15) is 5.56 Å². The highest BCUT2D eigenvalue weighted by Gasteiger charge is 2.08. The molecule has 1 N–H and O–H groups in total. The molecule has 5 nitrogen and oxygen atoms in total. The van der Waals surface area contributed by atoms with Gasteiger partial charge in [0.1, 0.15) is 16.8 Å². The van der Waals surface area contributed by atoms with Gasteiger partial charge in [0, 0.05) is 6.54 Å². The van der Waals surface area contributed by atoms with Crippen molar-refractivity contribution in [2.45, 2.75) is 6.54 Å². The van der Waals surface area contributed by atoms with E-state index in [4.69, 9.17) is 4.74 Å². The molecule has 1 aromatic heterocycles. The van der Waals surface area contributed by atoms with Crippen LogP contribution in [0.2, 0.25) is 0 Å². The van der Waals surface area contributed by atoms with Crippen LogP contribution in [-0.2, 0) is 11.3 Å². The second-order valence-corrected chi connectivity index (χ2v) is 4.97. The molecule has 0 aliphatic rings. The van der Waals surface area contributed by atoms with Crippen LogP contribution < -0.4 is 10.1 Å². The Kier molecular flexibility index (Phi) is 5.68. The van der Waals surface area contributed by atoms with Crippen molar-refractivity contribution in [3.8, 4) is 5.75 Å². The number of nitrogens with one attached hydrogen (secondary N) is 1. The standard InChI is InChI=1S/C15H13N3O2S.ClH/c19-14(16-9-11-5-2-1-3-6-11)10-20-13-8-4-7-12-15(13)18-21-17-12;/h1-8H,9-10H2,(H,16,19);1H. The van der Waals surface area contributed by atoms with E-state index in [0.717, 1.165) is 22.8 Å². The van der Waals surface area contributed by atoms with Crippen LogP contribution in [-0.4, -0.2) is 21.3 Å². The maximum Gasteiger partial charge on any atom is 0.258 e. The normalized spacial score (nSPS) is 10.0. The number of carbonyl (C=O) groups excluding carboxylic acids is 1. The molecule has 0 saturated carbocycles. The lowest BCUT2D eigenvalue weighted by Crippen LogP contribution is -2.28. The van der Waals surface area contributed by atoms with Gasteiger partial charge in [0.15, 0.2) is 6.61 Å². The molecule has 3 rings (SSSR count). The lowest BCUT2D eigenvalue weighted by Gasteiger charge is -2.07. The fraction of sp³-hybridized carbons (Fsp3) is 0.133. The first-order valence-electron chi connectivity index (χ1n) is 6.47. The van der Waals surface area contributed by atoms with Crippen LogP contribution in [0.4, 0.5) is 0 Å². The first kappa shape index (κ1) is 16.2. The number of fused-ring (bicyclic) bond motifs is 1. The topological polar surface area (TPSA) is 64.1 Å². The maximum absolute atomic E-state index is 11.8. The monoisotopic (exact) mass is 335 g/mol. The molecule has 0 saturated heterocycles. The van der Waals surface area contributed by atoms with Gasteiger partial charge in [-0.25, -0.2) is 0 Å². The average Bonchev–Trinajstić information content (AvgIpc) is 3.01. The Morgan fingerprint density at radius 3 is 2.73 bits per heavy atom. The van der Waals surface area contributed by atoms with Gasteiger partial charge in [0.05, 0.1) is 11.7 Å². The van der Waals surface area contributed by atoms with Crippen molar-refractivity contribution in [3.63, 3.8) is 0 Å². The first-order chi connectivity index (χ1) is 10.3. The molecule has 2 aromatic carbocycles. The quantitative estimate of drug-likeness (QED) is 0.778. The molecule has 0 fully saturated rings. The molecule has 0 bridgehead atoms. The molecular weight excluding hydrogens is 322 g/mol. The molecule has 3 aromatic rings. The lowest BCUT2D eigenvalue weighted by atomic mass is 10.2. The number of rotatable bonds is 5. The zero-order valence-corrected chi connectivity index (χ0v) is 13.2. The van der Waals surface area contributed by atoms with E-state index in [1.165, 1.54) is 0 Å². The Morgan fingerprint density at radius 2 is 1.91 bits per heavy atom. The van der Waals surface area contributed by atoms with E-state index >= 15 is 0 Å². The molecule has 22 heavy (non-hydrogen) atoms. The first-order valence-corrected chi connectivity index (χ1v) is 7.20. The van der Waals surface area contributed by atoms with Crippen molar-refractivity contribution >= 4 is 41.1 Å². The van der Waals surface area contributed by atoms with Crippen LogP contribution in [0.15, 0.2) is 48.5 Å². The third-order valence-corrected chi connectivity index (χ3v) is 3.48. The van der Waals surface area contributed by atoms with Crippen molar-refractivity contribution in [3.05, 3.63) is 54.1 Å². The van der Waals surface area contributed by atoms with E-state index in [0.29, 0.717) is 17.8 Å². The summed E-state index contributed by atoms with van der Waals surface area (Å²) < 4.78 is 13.8. The Morgan fingerprint density at radius 1 is 1.09 bits per heavy atom. The van der Waals surface area contributed by atoms with E-state index in [9.17, 15) is 4.79 Å². The molecule has 1 heterocycles. The molecule has 1 amide bonds. The molecule has 7 heteroatoms. The Bertz CT molecular complexity index is 749. The molecule has 0 spiro atoms. The zero-order valence-electron chi connectivity index (χ0n) is 11.6. The van der Waals surface area contributed by atoms with Gasteiger partial charge in [-0.2, -0.15) is 8.75 Å². The van der Waals surface area contributed by atoms with E-state index < -0.39 is 0 Å². The van der Waals surface area contributed by atoms with Crippen LogP contribution in [0.25, 0.3) is 11.0 Å². The molecule has 0 atom stereocenters. The van der Waals surface area contributed by atoms with Gasteiger partial charge in [0.2, 0.25) is 0 Å². The minimum absolute atomic E-state index is 0. The minimum atomic E-state index is -0.168. The van der Waals surface area contributed by atoms with Crippen molar-refractivity contribution in [2.24, 2.45) is 0 Å². The second-order valence-electron chi connectivity index (χ2n) is 4.44. The van der Waals surface area contributed by atoms with Gasteiger partial charge in [-0.15, -0.1) is 12.4 Å². The Balaban J connectivity index is 0.00000176. The second kappa shape index (κ2) is 7.72. The number of nitrogens with zero attached hydrogens (tertiary/aromatic N) is 2. The van der Waals surface area contributed by atoms with E-state index in [1.807, 2.05) is 42.5 Å². The van der Waals surface area contributed by atoms with Gasteiger partial charge in [0.25, 0.3) is 5.91 Å². The van der Waals surface area contributed by atoms with E-state index in [-0.39, 0.29) is 24.9 Å². The maximum atomic E-state index is 11.8. The predicted molar refractivity (Wildman–Crippen MR) is 88.4 cm³/mol. The highest BCUT2D eigenvalue weighted by molar-refractivity contribution is 7.00. The number of halogens is 1. The van der Waals surface area contributed by atoms with Crippen LogP contribution in [0.5, 0.6) is 5.75 Å². The van der Waals surface area contributed by atoms with Gasteiger partial charge in [-0.3, -0.25) is 4.79 Å². The number of ether oxygens (including phenoxy) is 1. The summed E-state index contributed by atoms with van der Waals surface area (Å²) in [5, 5.41) is 2.81. The third-order valence-electron chi connectivity index (χ3n) is 2.94. The number of amides is 1. The van der Waals surface area contributed by atoms with Gasteiger partial charge in [-0.1, -0.05) is 36.4 Å². The van der Waals surface area contributed by atoms with Crippen LogP contribution in [0, 0.1) is 0 Å². The highest BCUT2D eigenvalue weighted by atomic mass is 35.5. The largest absolute Gasteiger partial charge is 0.481 e. The number of hydrogen-bond acceptors (Lipinski definition) is 5. The summed E-state index contributed by atoms with van der Waals surface area (Å²) in [6, 6.07) is 15.2. The number of benzene rings is 2. The summed E-state index contributed by atoms with van der Waals surface area (Å²) in [4.78, 5) is 11.8. The smallest absolute Gasteiger partial charge is 0.258 e. The van der Waals surface area contributed by atoms with Crippen molar-refractivity contribution in [1.29, 1.82) is 0 Å². The Hall–Kier alpha value is -2.18. The molecular formula is C15H14ClN3O2S. The van der Waals surface area contributed by atoms with E-state index in [2.05, 4.69) is 14.1 Å². The lowest BCUT2D eigenvalue weighted by molar-refractivity contribution is -0.123. The Labute approximate surface area is 138 Å². The highest BCUT2D eigenvalue weighted by Crippen LogP contribution is 2.23. The van der Waals surface area contributed by atoms with Gasteiger partial charge in [-0.05, 0) is 17.7 Å². The van der Waals surface area contributed by atoms with Crippen LogP contribution >= 0.6 is 24.1 Å². The minimum Gasteiger partial charge on any atom is -0.481 e. The predicted octanol–water partition coefficient (Wildman–Crippen LogP) is 2.81. The summed E-state index contributed by atoms with van der Waals surface area (Å²) in [5.74, 6) is 0.412. The van der Waals surface area contributed by atoms with E-state index in [1.54, 1.807) is 6.07 Å². The fourth-order valence-electron chi connectivity index (χ4n) is 1.89. The number of carbonyl (C=O) groups is 1. The summed E-state index contributed by atoms with van der Waals surface area (Å²) >= 11 is 1.13. The SMILES string of the molecule is Cl.O=C(COc1cccc2nsnc12)NCc1ccccc1. The summed E-state index contributed by atoms with van der Waals surface area (Å²) in [7, 11) is 0. The van der Waals surface area contributed by atoms with Crippen molar-refractivity contribution < 1.29 is 9.53 Å². The fourth-order valence-corrected chi connectivity index (χ4v) is 2.43. The van der Waals surface area contributed by atoms with Crippen molar-refractivity contribution in [2.75, 3.05) is 6.61 Å². The summed E-state index contributed by atoms with van der Waals surface area (Å²) in [5.41, 5.74) is 2.53. The summed E-state index contributed by atoms with van der Waals surface area (Å²) in [6.07, 6.45) is 0. The molecule has 114 valence electrons. The average molecular weight is 336 g/mol. The van der Waals surface area contributed by atoms with Crippen LogP contribution in [0.3, 0.4) is 0 Å². The van der Waals surface area contributed by atoms with Crippen molar-refractivity contribution in [1.82, 2.24) is 14.1 Å². The molecule has 0 aliphatic carbocycles. The number of aromatic nitrogens is 2. The number of hydrogen-bond donors (Lipinski definition) is 1. The molecule has 0 aliphatic heterocycles. The molecule has 0 radical (unpaired) electrons. The van der Waals surface area contributed by atoms with Gasteiger partial charge >= 0.3 is 0 Å². The summed E-state index contributed by atoms with van der Waals surface area (Å²) in [6.45, 7) is 0.453. The zero-order chi connectivity index (χ0) is 14.5. The third kappa shape index (κ3) is 3.93. The molecule has 0 unspecified atom stereocenters. The van der Waals surface area contributed by atoms with Gasteiger partial charge < -0.3 is 10.1 Å².